The number of hydrogen-bond acceptors (Lipinski definition) is 1. The zero-order valence-corrected chi connectivity index (χ0v) is 9.45. The van der Waals surface area contributed by atoms with E-state index in [4.69, 9.17) is 0 Å². The Morgan fingerprint density at radius 3 is 2.75 bits per heavy atom. The average Bonchev–Trinajstić information content (AvgIpc) is 3.12. The van der Waals surface area contributed by atoms with E-state index < -0.39 is 5.67 Å². The predicted molar refractivity (Wildman–Crippen MR) is 63.2 cm³/mol. The summed E-state index contributed by atoms with van der Waals surface area (Å²) in [6.45, 7) is 1.54. The van der Waals surface area contributed by atoms with Gasteiger partial charge in [-0.05, 0) is 37.3 Å². The van der Waals surface area contributed by atoms with Gasteiger partial charge in [-0.15, -0.1) is 0 Å². The lowest BCUT2D eigenvalue weighted by molar-refractivity contribution is 0.0934. The lowest BCUT2D eigenvalue weighted by atomic mass is 9.89. The second kappa shape index (κ2) is 3.85. The Hall–Kier alpha value is -0.890. The zero-order valence-electron chi connectivity index (χ0n) is 9.45. The summed E-state index contributed by atoms with van der Waals surface area (Å²) in [4.78, 5) is 0. The topological polar surface area (TPSA) is 12.0 Å². The molecule has 0 radical (unpaired) electrons. The molecular formula is C14H18FN. The van der Waals surface area contributed by atoms with E-state index in [1.807, 2.05) is 6.07 Å². The standard InChI is InChI=1S/C14H18FN/c15-14(7-4-8-16-10-14)13-9-12(13)11-5-2-1-3-6-11/h1-3,5-6,12-13,16H,4,7-10H2. The van der Waals surface area contributed by atoms with E-state index in [1.165, 1.54) is 5.56 Å². The molecule has 1 N–H and O–H groups in total. The summed E-state index contributed by atoms with van der Waals surface area (Å²) in [6, 6.07) is 10.4. The molecule has 0 aromatic heterocycles. The molecule has 1 saturated heterocycles. The van der Waals surface area contributed by atoms with E-state index in [-0.39, 0.29) is 5.92 Å². The molecule has 1 heterocycles. The molecule has 2 aliphatic rings. The highest BCUT2D eigenvalue weighted by Gasteiger charge is 2.53. The molecule has 1 nitrogen and oxygen atoms in total. The van der Waals surface area contributed by atoms with E-state index in [0.29, 0.717) is 12.5 Å². The van der Waals surface area contributed by atoms with Gasteiger partial charge in [0, 0.05) is 12.5 Å². The Kier molecular flexibility index (Phi) is 2.47. The minimum absolute atomic E-state index is 0.252. The van der Waals surface area contributed by atoms with Crippen molar-refractivity contribution in [1.82, 2.24) is 5.32 Å². The third-order valence-electron chi connectivity index (χ3n) is 4.05. The molecule has 0 amide bonds. The van der Waals surface area contributed by atoms with E-state index in [0.717, 1.165) is 25.8 Å². The van der Waals surface area contributed by atoms with Crippen LogP contribution in [-0.4, -0.2) is 18.8 Å². The number of piperidine rings is 1. The van der Waals surface area contributed by atoms with Crippen molar-refractivity contribution in [2.24, 2.45) is 5.92 Å². The summed E-state index contributed by atoms with van der Waals surface area (Å²) in [6.07, 6.45) is 2.75. The van der Waals surface area contributed by atoms with Crippen LogP contribution in [-0.2, 0) is 0 Å². The second-order valence-electron chi connectivity index (χ2n) is 5.17. The summed E-state index contributed by atoms with van der Waals surface area (Å²) >= 11 is 0. The van der Waals surface area contributed by atoms with Crippen molar-refractivity contribution in [1.29, 1.82) is 0 Å². The molecule has 1 aromatic carbocycles. The maximum absolute atomic E-state index is 14.6. The first kappa shape index (κ1) is 10.3. The number of halogens is 1. The van der Waals surface area contributed by atoms with Crippen LogP contribution in [0.2, 0.25) is 0 Å². The SMILES string of the molecule is FC1(C2CC2c2ccccc2)CCCNC1. The first-order chi connectivity index (χ1) is 7.80. The van der Waals surface area contributed by atoms with E-state index >= 15 is 0 Å². The summed E-state index contributed by atoms with van der Waals surface area (Å²) in [5.74, 6) is 0.716. The van der Waals surface area contributed by atoms with Crippen LogP contribution >= 0.6 is 0 Å². The molecule has 3 rings (SSSR count). The first-order valence-electron chi connectivity index (χ1n) is 6.24. The first-order valence-corrected chi connectivity index (χ1v) is 6.24. The summed E-state index contributed by atoms with van der Waals surface area (Å²) in [5.41, 5.74) is 0.369. The fourth-order valence-corrected chi connectivity index (χ4v) is 3.04. The fraction of sp³-hybridized carbons (Fsp3) is 0.571. The van der Waals surface area contributed by atoms with Gasteiger partial charge in [0.2, 0.25) is 0 Å². The fourth-order valence-electron chi connectivity index (χ4n) is 3.04. The van der Waals surface area contributed by atoms with E-state index in [1.54, 1.807) is 0 Å². The van der Waals surface area contributed by atoms with Crippen LogP contribution in [0.3, 0.4) is 0 Å². The van der Waals surface area contributed by atoms with E-state index in [9.17, 15) is 4.39 Å². The zero-order chi connectivity index (χ0) is 11.0. The second-order valence-corrected chi connectivity index (χ2v) is 5.17. The largest absolute Gasteiger partial charge is 0.314 e. The third-order valence-corrected chi connectivity index (χ3v) is 4.05. The molecule has 1 aliphatic heterocycles. The molecule has 86 valence electrons. The van der Waals surface area contributed by atoms with Gasteiger partial charge in [-0.2, -0.15) is 0 Å². The third kappa shape index (κ3) is 1.75. The van der Waals surface area contributed by atoms with Crippen molar-refractivity contribution in [3.05, 3.63) is 35.9 Å². The molecule has 1 aromatic rings. The Labute approximate surface area is 96.1 Å². The molecule has 0 bridgehead atoms. The number of hydrogen-bond donors (Lipinski definition) is 1. The number of nitrogens with one attached hydrogen (secondary N) is 1. The van der Waals surface area contributed by atoms with Gasteiger partial charge in [-0.25, -0.2) is 4.39 Å². The summed E-state index contributed by atoms with van der Waals surface area (Å²) in [5, 5.41) is 3.19. The van der Waals surface area contributed by atoms with Crippen LogP contribution in [0.25, 0.3) is 0 Å². The molecule has 1 aliphatic carbocycles. The van der Waals surface area contributed by atoms with Crippen molar-refractivity contribution in [2.45, 2.75) is 30.8 Å². The van der Waals surface area contributed by atoms with Crippen molar-refractivity contribution in [2.75, 3.05) is 13.1 Å². The Morgan fingerprint density at radius 1 is 1.25 bits per heavy atom. The highest BCUT2D eigenvalue weighted by Crippen LogP contribution is 2.56. The molecule has 0 spiro atoms. The quantitative estimate of drug-likeness (QED) is 0.806. The number of benzene rings is 1. The maximum atomic E-state index is 14.6. The Bertz CT molecular complexity index is 356. The molecule has 3 atom stereocenters. The highest BCUT2D eigenvalue weighted by atomic mass is 19.1. The minimum atomic E-state index is -0.946. The molecule has 2 fully saturated rings. The molecule has 1 saturated carbocycles. The monoisotopic (exact) mass is 219 g/mol. The van der Waals surface area contributed by atoms with Crippen molar-refractivity contribution in [3.63, 3.8) is 0 Å². The van der Waals surface area contributed by atoms with Crippen LogP contribution in [0.1, 0.15) is 30.7 Å². The van der Waals surface area contributed by atoms with Gasteiger partial charge in [0.25, 0.3) is 0 Å². The van der Waals surface area contributed by atoms with Crippen molar-refractivity contribution >= 4 is 0 Å². The smallest absolute Gasteiger partial charge is 0.126 e. The Balaban J connectivity index is 1.71. The van der Waals surface area contributed by atoms with Crippen molar-refractivity contribution < 1.29 is 4.39 Å². The number of rotatable bonds is 2. The minimum Gasteiger partial charge on any atom is -0.314 e. The number of alkyl halides is 1. The Morgan fingerprint density at radius 2 is 2.06 bits per heavy atom. The van der Waals surface area contributed by atoms with Crippen molar-refractivity contribution in [3.8, 4) is 0 Å². The molecule has 3 unspecified atom stereocenters. The van der Waals surface area contributed by atoms with Gasteiger partial charge in [-0.3, -0.25) is 0 Å². The summed E-state index contributed by atoms with van der Waals surface area (Å²) < 4.78 is 14.6. The van der Waals surface area contributed by atoms with Gasteiger partial charge < -0.3 is 5.32 Å². The van der Waals surface area contributed by atoms with Gasteiger partial charge in [0.15, 0.2) is 0 Å². The predicted octanol–water partition coefficient (Wildman–Crippen LogP) is 2.88. The van der Waals surface area contributed by atoms with Crippen LogP contribution < -0.4 is 5.32 Å². The lowest BCUT2D eigenvalue weighted by Crippen LogP contribution is -2.44. The van der Waals surface area contributed by atoms with Crippen LogP contribution in [0.15, 0.2) is 30.3 Å². The van der Waals surface area contributed by atoms with Crippen LogP contribution in [0.4, 0.5) is 4.39 Å². The van der Waals surface area contributed by atoms with Gasteiger partial charge in [-0.1, -0.05) is 30.3 Å². The lowest BCUT2D eigenvalue weighted by Gasteiger charge is -2.30. The average molecular weight is 219 g/mol. The molecule has 2 heteroatoms. The summed E-state index contributed by atoms with van der Waals surface area (Å²) in [7, 11) is 0. The molecule has 16 heavy (non-hydrogen) atoms. The van der Waals surface area contributed by atoms with Gasteiger partial charge in [0.05, 0.1) is 0 Å². The van der Waals surface area contributed by atoms with Crippen LogP contribution in [0.5, 0.6) is 0 Å². The van der Waals surface area contributed by atoms with E-state index in [2.05, 4.69) is 29.6 Å². The van der Waals surface area contributed by atoms with Gasteiger partial charge in [0.1, 0.15) is 5.67 Å². The van der Waals surface area contributed by atoms with Gasteiger partial charge >= 0.3 is 0 Å². The maximum Gasteiger partial charge on any atom is 0.126 e. The highest BCUT2D eigenvalue weighted by molar-refractivity contribution is 5.28. The normalized spacial score (nSPS) is 38.3. The van der Waals surface area contributed by atoms with Crippen LogP contribution in [0, 0.1) is 5.92 Å². The molecular weight excluding hydrogens is 201 g/mol.